The van der Waals surface area contributed by atoms with E-state index in [1.54, 1.807) is 18.2 Å². The zero-order valence-corrected chi connectivity index (χ0v) is 11.2. The van der Waals surface area contributed by atoms with Crippen molar-refractivity contribution < 1.29 is 4.79 Å². The van der Waals surface area contributed by atoms with Crippen LogP contribution in [0.1, 0.15) is 16.1 Å². The van der Waals surface area contributed by atoms with Crippen LogP contribution in [-0.2, 0) is 0 Å². The normalized spacial score (nSPS) is 9.68. The molecule has 0 fully saturated rings. The highest BCUT2D eigenvalue weighted by Gasteiger charge is 2.11. The lowest BCUT2D eigenvalue weighted by Crippen LogP contribution is -2.15. The van der Waals surface area contributed by atoms with Gasteiger partial charge < -0.3 is 11.1 Å². The number of carbonyl (C=O) groups is 1. The monoisotopic (exact) mass is 317 g/mol. The van der Waals surface area contributed by atoms with Crippen LogP contribution in [0, 0.1) is 11.3 Å². The number of anilines is 2. The highest BCUT2D eigenvalue weighted by Crippen LogP contribution is 2.21. The molecule has 0 bridgehead atoms. The van der Waals surface area contributed by atoms with Crippen LogP contribution in [0.5, 0.6) is 0 Å². The molecule has 1 heterocycles. The van der Waals surface area contributed by atoms with E-state index in [1.807, 2.05) is 6.07 Å². The van der Waals surface area contributed by atoms with Crippen LogP contribution in [0.2, 0.25) is 0 Å². The second-order valence-corrected chi connectivity index (χ2v) is 4.50. The molecule has 0 spiro atoms. The molecule has 3 N–H and O–H groups in total. The quantitative estimate of drug-likeness (QED) is 0.880. The van der Waals surface area contributed by atoms with Gasteiger partial charge in [0.2, 0.25) is 0 Å². The van der Waals surface area contributed by atoms with Gasteiger partial charge in [0.15, 0.2) is 0 Å². The maximum Gasteiger partial charge on any atom is 0.275 e. The number of hydrogen-bond acceptors (Lipinski definition) is 5. The lowest BCUT2D eigenvalue weighted by Gasteiger charge is -2.06. The van der Waals surface area contributed by atoms with E-state index in [1.165, 1.54) is 12.4 Å². The highest BCUT2D eigenvalue weighted by molar-refractivity contribution is 9.10. The van der Waals surface area contributed by atoms with Crippen molar-refractivity contribution in [3.8, 4) is 6.07 Å². The Kier molecular flexibility index (Phi) is 3.73. The van der Waals surface area contributed by atoms with Crippen molar-refractivity contribution in [1.82, 2.24) is 9.97 Å². The first-order chi connectivity index (χ1) is 9.10. The Bertz CT molecular complexity index is 663. The molecule has 0 aliphatic carbocycles. The molecule has 0 unspecified atom stereocenters. The average Bonchev–Trinajstić information content (AvgIpc) is 2.39. The summed E-state index contributed by atoms with van der Waals surface area (Å²) in [7, 11) is 0. The third-order valence-electron chi connectivity index (χ3n) is 2.25. The Balaban J connectivity index is 2.26. The van der Waals surface area contributed by atoms with Crippen LogP contribution in [0.15, 0.2) is 35.1 Å². The molecule has 0 aliphatic rings. The van der Waals surface area contributed by atoms with E-state index >= 15 is 0 Å². The summed E-state index contributed by atoms with van der Waals surface area (Å²) in [6, 6.07) is 6.96. The fourth-order valence-corrected chi connectivity index (χ4v) is 1.72. The Labute approximate surface area is 117 Å². The van der Waals surface area contributed by atoms with Gasteiger partial charge in [-0.25, -0.2) is 9.97 Å². The first-order valence-electron chi connectivity index (χ1n) is 5.18. The largest absolute Gasteiger partial charge is 0.382 e. The molecule has 19 heavy (non-hydrogen) atoms. The van der Waals surface area contributed by atoms with Crippen molar-refractivity contribution in [2.45, 2.75) is 0 Å². The maximum atomic E-state index is 11.9. The van der Waals surface area contributed by atoms with Gasteiger partial charge in [0.05, 0.1) is 23.6 Å². The minimum Gasteiger partial charge on any atom is -0.382 e. The van der Waals surface area contributed by atoms with Gasteiger partial charge >= 0.3 is 0 Å². The Morgan fingerprint density at radius 2 is 2.16 bits per heavy atom. The maximum absolute atomic E-state index is 11.9. The predicted octanol–water partition coefficient (Wildman–Crippen LogP) is 1.95. The molecular weight excluding hydrogens is 310 g/mol. The fraction of sp³-hybridized carbons (Fsp3) is 0. The van der Waals surface area contributed by atoms with Gasteiger partial charge in [-0.05, 0) is 18.2 Å². The van der Waals surface area contributed by atoms with Gasteiger partial charge in [0.1, 0.15) is 17.6 Å². The highest BCUT2D eigenvalue weighted by atomic mass is 79.9. The number of nitriles is 1. The van der Waals surface area contributed by atoms with Gasteiger partial charge in [-0.2, -0.15) is 5.26 Å². The van der Waals surface area contributed by atoms with E-state index in [9.17, 15) is 4.79 Å². The fourth-order valence-electron chi connectivity index (χ4n) is 1.36. The number of amides is 1. The van der Waals surface area contributed by atoms with E-state index in [0.29, 0.717) is 11.3 Å². The van der Waals surface area contributed by atoms with Crippen molar-refractivity contribution >= 4 is 33.3 Å². The molecule has 2 aromatic rings. The van der Waals surface area contributed by atoms with E-state index in [0.717, 1.165) is 4.47 Å². The number of carbonyl (C=O) groups excluding carboxylic acids is 1. The van der Waals surface area contributed by atoms with E-state index in [4.69, 9.17) is 11.0 Å². The topological polar surface area (TPSA) is 105 Å². The zero-order valence-electron chi connectivity index (χ0n) is 9.59. The molecule has 7 heteroatoms. The lowest BCUT2D eigenvalue weighted by molar-refractivity contribution is 0.102. The summed E-state index contributed by atoms with van der Waals surface area (Å²) in [6.07, 6.45) is 2.57. The lowest BCUT2D eigenvalue weighted by atomic mass is 10.2. The summed E-state index contributed by atoms with van der Waals surface area (Å²) in [5, 5.41) is 11.6. The molecule has 0 saturated carbocycles. The number of nitrogens with one attached hydrogen (secondary N) is 1. The van der Waals surface area contributed by atoms with Crippen LogP contribution < -0.4 is 11.1 Å². The molecule has 1 aromatic heterocycles. The summed E-state index contributed by atoms with van der Waals surface area (Å²) in [5.74, 6) is -0.223. The number of nitrogens with zero attached hydrogens (tertiary/aromatic N) is 3. The van der Waals surface area contributed by atoms with Gasteiger partial charge in [0, 0.05) is 4.47 Å². The number of benzene rings is 1. The van der Waals surface area contributed by atoms with Crippen molar-refractivity contribution in [2.24, 2.45) is 0 Å². The van der Waals surface area contributed by atoms with Gasteiger partial charge in [-0.1, -0.05) is 15.9 Å². The predicted molar refractivity (Wildman–Crippen MR) is 73.3 cm³/mol. The zero-order chi connectivity index (χ0) is 13.8. The molecule has 1 amide bonds. The van der Waals surface area contributed by atoms with Gasteiger partial charge in [-0.15, -0.1) is 0 Å². The van der Waals surface area contributed by atoms with Crippen molar-refractivity contribution in [1.29, 1.82) is 5.26 Å². The first kappa shape index (κ1) is 13.0. The standard InChI is InChI=1S/C12H8BrN5O/c13-8-2-1-7(4-14)9(3-8)18-12(19)10-5-17-11(15)6-16-10/h1-3,5-6H,(H2,15,17)(H,18,19). The average molecular weight is 318 g/mol. The molecule has 94 valence electrons. The minimum absolute atomic E-state index is 0.123. The molecule has 0 aliphatic heterocycles. The number of halogens is 1. The first-order valence-corrected chi connectivity index (χ1v) is 5.98. The Morgan fingerprint density at radius 1 is 1.37 bits per heavy atom. The number of aromatic nitrogens is 2. The van der Waals surface area contributed by atoms with Crippen LogP contribution >= 0.6 is 15.9 Å². The Morgan fingerprint density at radius 3 is 2.79 bits per heavy atom. The van der Waals surface area contributed by atoms with Crippen molar-refractivity contribution in [3.05, 3.63) is 46.3 Å². The minimum atomic E-state index is -0.456. The number of nitrogen functional groups attached to an aromatic ring is 1. The third-order valence-corrected chi connectivity index (χ3v) is 2.75. The summed E-state index contributed by atoms with van der Waals surface area (Å²) >= 11 is 3.28. The van der Waals surface area contributed by atoms with E-state index < -0.39 is 5.91 Å². The summed E-state index contributed by atoms with van der Waals surface area (Å²) in [6.45, 7) is 0. The molecule has 0 atom stereocenters. The summed E-state index contributed by atoms with van der Waals surface area (Å²) < 4.78 is 0.755. The SMILES string of the molecule is N#Cc1ccc(Br)cc1NC(=O)c1cnc(N)cn1. The molecule has 2 rings (SSSR count). The summed E-state index contributed by atoms with van der Waals surface area (Å²) in [5.41, 5.74) is 6.28. The van der Waals surface area contributed by atoms with Crippen LogP contribution in [0.4, 0.5) is 11.5 Å². The van der Waals surface area contributed by atoms with Crippen LogP contribution in [0.3, 0.4) is 0 Å². The van der Waals surface area contributed by atoms with Gasteiger partial charge in [0.25, 0.3) is 5.91 Å². The number of rotatable bonds is 2. The Hall–Kier alpha value is -2.46. The third kappa shape index (κ3) is 3.05. The van der Waals surface area contributed by atoms with Crippen LogP contribution in [0.25, 0.3) is 0 Å². The second kappa shape index (κ2) is 5.46. The summed E-state index contributed by atoms with van der Waals surface area (Å²) in [4.78, 5) is 19.6. The second-order valence-electron chi connectivity index (χ2n) is 3.58. The number of nitrogens with two attached hydrogens (primary N) is 1. The molecule has 0 radical (unpaired) electrons. The molecule has 1 aromatic carbocycles. The molecule has 6 nitrogen and oxygen atoms in total. The van der Waals surface area contributed by atoms with Crippen LogP contribution in [-0.4, -0.2) is 15.9 Å². The van der Waals surface area contributed by atoms with Crippen molar-refractivity contribution in [2.75, 3.05) is 11.1 Å². The molecular formula is C12H8BrN5O. The van der Waals surface area contributed by atoms with E-state index in [-0.39, 0.29) is 11.5 Å². The van der Waals surface area contributed by atoms with E-state index in [2.05, 4.69) is 31.2 Å². The number of hydrogen-bond donors (Lipinski definition) is 2. The smallest absolute Gasteiger partial charge is 0.275 e. The molecule has 0 saturated heterocycles. The van der Waals surface area contributed by atoms with Gasteiger partial charge in [-0.3, -0.25) is 4.79 Å². The van der Waals surface area contributed by atoms with Crippen molar-refractivity contribution in [3.63, 3.8) is 0 Å².